The van der Waals surface area contributed by atoms with Gasteiger partial charge in [0.05, 0.1) is 29.8 Å². The fourth-order valence-electron chi connectivity index (χ4n) is 3.34. The van der Waals surface area contributed by atoms with E-state index in [1.54, 1.807) is 60.7 Å². The summed E-state index contributed by atoms with van der Waals surface area (Å²) in [4.78, 5) is 26.8. The molecule has 148 valence electrons. The van der Waals surface area contributed by atoms with Gasteiger partial charge in [-0.2, -0.15) is 4.31 Å². The highest BCUT2D eigenvalue weighted by Crippen LogP contribution is 2.30. The van der Waals surface area contributed by atoms with Gasteiger partial charge in [0.25, 0.3) is 5.91 Å². The molecule has 4 rings (SSSR count). The van der Waals surface area contributed by atoms with Gasteiger partial charge in [-0.05, 0) is 36.4 Å². The van der Waals surface area contributed by atoms with Crippen LogP contribution in [0.3, 0.4) is 0 Å². The van der Waals surface area contributed by atoms with Crippen LogP contribution in [0.5, 0.6) is 0 Å². The van der Waals surface area contributed by atoms with Gasteiger partial charge in [-0.1, -0.05) is 36.4 Å². The van der Waals surface area contributed by atoms with Gasteiger partial charge in [0.15, 0.2) is 0 Å². The van der Waals surface area contributed by atoms with Gasteiger partial charge < -0.3 is 4.42 Å². The Bertz CT molecular complexity index is 1110. The molecule has 1 unspecified atom stereocenters. The SMILES string of the molecule is O=C1CC(N(Cc2ccco2)S(=O)(=O)c2ccccc2)C(=O)N1c1ccccc1. The third-order valence-corrected chi connectivity index (χ3v) is 6.60. The molecule has 1 saturated heterocycles. The topological polar surface area (TPSA) is 87.9 Å². The normalized spacial score (nSPS) is 17.3. The van der Waals surface area contributed by atoms with Crippen LogP contribution in [0.2, 0.25) is 0 Å². The minimum atomic E-state index is -4.05. The van der Waals surface area contributed by atoms with Crippen LogP contribution in [0.15, 0.2) is 88.4 Å². The molecule has 1 atom stereocenters. The molecule has 2 amide bonds. The van der Waals surface area contributed by atoms with Gasteiger partial charge >= 0.3 is 0 Å². The molecule has 0 saturated carbocycles. The van der Waals surface area contributed by atoms with Crippen molar-refractivity contribution >= 4 is 27.5 Å². The molecule has 1 aromatic heterocycles. The summed E-state index contributed by atoms with van der Waals surface area (Å²) in [6.45, 7) is -0.156. The molecule has 3 aromatic rings. The monoisotopic (exact) mass is 410 g/mol. The average molecular weight is 410 g/mol. The second-order valence-electron chi connectivity index (χ2n) is 6.57. The minimum Gasteiger partial charge on any atom is -0.468 e. The summed E-state index contributed by atoms with van der Waals surface area (Å²) >= 11 is 0. The van der Waals surface area contributed by atoms with E-state index in [9.17, 15) is 18.0 Å². The zero-order valence-corrected chi connectivity index (χ0v) is 16.2. The van der Waals surface area contributed by atoms with Crippen molar-refractivity contribution in [1.82, 2.24) is 4.31 Å². The lowest BCUT2D eigenvalue weighted by molar-refractivity contribution is -0.122. The van der Waals surface area contributed by atoms with Crippen molar-refractivity contribution in [3.63, 3.8) is 0 Å². The van der Waals surface area contributed by atoms with Crippen molar-refractivity contribution in [3.8, 4) is 0 Å². The van der Waals surface area contributed by atoms with Crippen molar-refractivity contribution in [2.45, 2.75) is 23.9 Å². The van der Waals surface area contributed by atoms with E-state index >= 15 is 0 Å². The van der Waals surface area contributed by atoms with Gasteiger partial charge in [-0.3, -0.25) is 9.59 Å². The second kappa shape index (κ2) is 7.65. The molecule has 1 fully saturated rings. The number of sulfonamides is 1. The number of amides is 2. The van der Waals surface area contributed by atoms with E-state index in [1.165, 1.54) is 18.4 Å². The molecule has 0 N–H and O–H groups in total. The maximum absolute atomic E-state index is 13.3. The molecule has 0 radical (unpaired) electrons. The number of para-hydroxylation sites is 1. The Morgan fingerprint density at radius 2 is 1.59 bits per heavy atom. The first-order valence-electron chi connectivity index (χ1n) is 8.99. The smallest absolute Gasteiger partial charge is 0.252 e. The molecule has 0 bridgehead atoms. The number of hydrogen-bond donors (Lipinski definition) is 0. The lowest BCUT2D eigenvalue weighted by Crippen LogP contribution is -2.45. The Morgan fingerprint density at radius 1 is 0.931 bits per heavy atom. The van der Waals surface area contributed by atoms with Crippen LogP contribution in [-0.2, 0) is 26.2 Å². The summed E-state index contributed by atoms with van der Waals surface area (Å²) in [7, 11) is -4.05. The maximum Gasteiger partial charge on any atom is 0.252 e. The summed E-state index contributed by atoms with van der Waals surface area (Å²) < 4.78 is 33.0. The van der Waals surface area contributed by atoms with Crippen LogP contribution >= 0.6 is 0 Å². The fourth-order valence-corrected chi connectivity index (χ4v) is 4.90. The predicted molar refractivity (Wildman–Crippen MR) is 105 cm³/mol. The number of carbonyl (C=O) groups excluding carboxylic acids is 2. The van der Waals surface area contributed by atoms with Crippen LogP contribution in [0.25, 0.3) is 0 Å². The Hall–Kier alpha value is -3.23. The van der Waals surface area contributed by atoms with Crippen molar-refractivity contribution in [1.29, 1.82) is 0 Å². The largest absolute Gasteiger partial charge is 0.468 e. The van der Waals surface area contributed by atoms with Gasteiger partial charge in [-0.25, -0.2) is 13.3 Å². The molecule has 2 aromatic carbocycles. The molecule has 8 heteroatoms. The first kappa shape index (κ1) is 19.1. The van der Waals surface area contributed by atoms with E-state index in [0.717, 1.165) is 9.21 Å². The van der Waals surface area contributed by atoms with Crippen LogP contribution in [0, 0.1) is 0 Å². The number of anilines is 1. The number of rotatable bonds is 6. The molecule has 2 heterocycles. The molecule has 7 nitrogen and oxygen atoms in total. The summed E-state index contributed by atoms with van der Waals surface area (Å²) in [5.74, 6) is -0.644. The lowest BCUT2D eigenvalue weighted by Gasteiger charge is -2.26. The van der Waals surface area contributed by atoms with Crippen LogP contribution in [-0.4, -0.2) is 30.6 Å². The third kappa shape index (κ3) is 3.59. The van der Waals surface area contributed by atoms with Crippen LogP contribution in [0.4, 0.5) is 5.69 Å². The third-order valence-electron chi connectivity index (χ3n) is 4.73. The molecule has 0 spiro atoms. The van der Waals surface area contributed by atoms with Gasteiger partial charge in [0.2, 0.25) is 15.9 Å². The van der Waals surface area contributed by atoms with Crippen molar-refractivity contribution in [2.75, 3.05) is 4.90 Å². The van der Waals surface area contributed by atoms with Crippen molar-refractivity contribution in [3.05, 3.63) is 84.8 Å². The summed E-state index contributed by atoms with van der Waals surface area (Å²) in [5.41, 5.74) is 0.417. The number of furan rings is 1. The first-order chi connectivity index (χ1) is 14.0. The van der Waals surface area contributed by atoms with E-state index in [1.807, 2.05) is 0 Å². The highest BCUT2D eigenvalue weighted by atomic mass is 32.2. The average Bonchev–Trinajstić information content (AvgIpc) is 3.35. The number of benzene rings is 2. The quantitative estimate of drug-likeness (QED) is 0.583. The highest BCUT2D eigenvalue weighted by molar-refractivity contribution is 7.89. The summed E-state index contributed by atoms with van der Waals surface area (Å²) in [5, 5.41) is 0. The summed E-state index contributed by atoms with van der Waals surface area (Å²) in [6, 6.07) is 18.4. The maximum atomic E-state index is 13.3. The van der Waals surface area contributed by atoms with E-state index in [-0.39, 0.29) is 17.9 Å². The van der Waals surface area contributed by atoms with E-state index in [0.29, 0.717) is 11.4 Å². The van der Waals surface area contributed by atoms with Gasteiger partial charge in [-0.15, -0.1) is 0 Å². The first-order valence-corrected chi connectivity index (χ1v) is 10.4. The van der Waals surface area contributed by atoms with E-state index in [2.05, 4.69) is 0 Å². The van der Waals surface area contributed by atoms with E-state index in [4.69, 9.17) is 4.42 Å². The van der Waals surface area contributed by atoms with Crippen molar-refractivity contribution in [2.24, 2.45) is 0 Å². The van der Waals surface area contributed by atoms with Crippen LogP contribution in [0.1, 0.15) is 12.2 Å². The molecule has 29 heavy (non-hydrogen) atoms. The zero-order chi connectivity index (χ0) is 20.4. The fraction of sp³-hybridized carbons (Fsp3) is 0.143. The lowest BCUT2D eigenvalue weighted by atomic mass is 10.2. The van der Waals surface area contributed by atoms with Crippen molar-refractivity contribution < 1.29 is 22.4 Å². The Kier molecular flexibility index (Phi) is 5.04. The number of carbonyl (C=O) groups is 2. The molecular weight excluding hydrogens is 392 g/mol. The molecular formula is C21H18N2O5S. The second-order valence-corrected chi connectivity index (χ2v) is 8.46. The van der Waals surface area contributed by atoms with E-state index < -0.39 is 27.9 Å². The molecule has 1 aliphatic heterocycles. The Labute approximate surface area is 168 Å². The van der Waals surface area contributed by atoms with Gasteiger partial charge in [0, 0.05) is 0 Å². The van der Waals surface area contributed by atoms with Crippen LogP contribution < -0.4 is 4.90 Å². The summed E-state index contributed by atoms with van der Waals surface area (Å²) in [6.07, 6.45) is 1.20. The number of imide groups is 1. The predicted octanol–water partition coefficient (Wildman–Crippen LogP) is 2.80. The minimum absolute atomic E-state index is 0.0463. The molecule has 0 aliphatic carbocycles. The Morgan fingerprint density at radius 3 is 2.21 bits per heavy atom. The standard InChI is InChI=1S/C21H18N2O5S/c24-20-14-19(21(25)23(20)16-8-3-1-4-9-16)22(15-17-10-7-13-28-17)29(26,27)18-11-5-2-6-12-18/h1-13,19H,14-15H2. The number of nitrogens with zero attached hydrogens (tertiary/aromatic N) is 2. The molecule has 1 aliphatic rings. The van der Waals surface area contributed by atoms with Gasteiger partial charge in [0.1, 0.15) is 11.8 Å². The number of hydrogen-bond acceptors (Lipinski definition) is 5. The Balaban J connectivity index is 1.74. The zero-order valence-electron chi connectivity index (χ0n) is 15.3. The highest BCUT2D eigenvalue weighted by Gasteiger charge is 2.47.